The Bertz CT molecular complexity index is 479. The second-order valence-electron chi connectivity index (χ2n) is 5.13. The van der Waals surface area contributed by atoms with Crippen molar-refractivity contribution in [2.75, 3.05) is 26.2 Å². The molecule has 1 aromatic rings. The second kappa shape index (κ2) is 8.95. The zero-order valence-corrected chi connectivity index (χ0v) is 14.3. The average molecular weight is 310 g/mol. The Morgan fingerprint density at radius 1 is 1.19 bits per heavy atom. The first-order chi connectivity index (χ1) is 9.97. The number of rotatable bonds is 9. The summed E-state index contributed by atoms with van der Waals surface area (Å²) in [5.74, 6) is 0.0239. The number of nitrogens with zero attached hydrogens (tertiary/aromatic N) is 1. The molecule has 0 aliphatic carbocycles. The average Bonchev–Trinajstić information content (AvgIpc) is 2.80. The molecule has 1 amide bonds. The van der Waals surface area contributed by atoms with E-state index >= 15 is 0 Å². The maximum absolute atomic E-state index is 12.1. The molecule has 1 N–H and O–H groups in total. The predicted molar refractivity (Wildman–Crippen MR) is 88.2 cm³/mol. The van der Waals surface area contributed by atoms with Crippen LogP contribution in [0.3, 0.4) is 0 Å². The number of nitrogens with one attached hydrogen (secondary N) is 1. The molecule has 21 heavy (non-hydrogen) atoms. The number of aryl methyl sites for hydroxylation is 2. The van der Waals surface area contributed by atoms with Crippen molar-refractivity contribution in [1.29, 1.82) is 0 Å². The summed E-state index contributed by atoms with van der Waals surface area (Å²) in [4.78, 5) is 28.3. The molecule has 4 nitrogen and oxygen atoms in total. The van der Waals surface area contributed by atoms with E-state index in [1.807, 2.05) is 19.9 Å². The van der Waals surface area contributed by atoms with Gasteiger partial charge in [-0.05, 0) is 33.0 Å². The van der Waals surface area contributed by atoms with Gasteiger partial charge in [-0.1, -0.05) is 13.8 Å². The third-order valence-corrected chi connectivity index (χ3v) is 4.53. The van der Waals surface area contributed by atoms with Crippen molar-refractivity contribution in [3.63, 3.8) is 0 Å². The minimum absolute atomic E-state index is 0.0416. The maximum Gasteiger partial charge on any atom is 0.220 e. The van der Waals surface area contributed by atoms with E-state index in [2.05, 4.69) is 24.1 Å². The number of hydrogen-bond acceptors (Lipinski definition) is 4. The smallest absolute Gasteiger partial charge is 0.220 e. The van der Waals surface area contributed by atoms with Crippen LogP contribution in [0.2, 0.25) is 0 Å². The van der Waals surface area contributed by atoms with Gasteiger partial charge in [-0.2, -0.15) is 0 Å². The molecular weight excluding hydrogens is 284 g/mol. The summed E-state index contributed by atoms with van der Waals surface area (Å²) in [5, 5.41) is 2.88. The van der Waals surface area contributed by atoms with Crippen molar-refractivity contribution in [2.24, 2.45) is 0 Å². The third-order valence-electron chi connectivity index (χ3n) is 3.57. The highest BCUT2D eigenvalue weighted by atomic mass is 32.1. The van der Waals surface area contributed by atoms with E-state index in [4.69, 9.17) is 0 Å². The Kier molecular flexibility index (Phi) is 7.61. The lowest BCUT2D eigenvalue weighted by molar-refractivity contribution is -0.121. The number of carbonyl (C=O) groups excluding carboxylic acids is 2. The lowest BCUT2D eigenvalue weighted by atomic mass is 10.1. The standard InChI is InChI=1S/C16H26N2O2S/c1-5-18(6-2)10-9-17-16(20)8-7-15(19)14-11-12(3)21-13(14)4/h11H,5-10H2,1-4H3,(H,17,20). The largest absolute Gasteiger partial charge is 0.355 e. The van der Waals surface area contributed by atoms with Gasteiger partial charge < -0.3 is 10.2 Å². The summed E-state index contributed by atoms with van der Waals surface area (Å²) >= 11 is 1.63. The van der Waals surface area contributed by atoms with Crippen LogP contribution < -0.4 is 5.32 Å². The van der Waals surface area contributed by atoms with Gasteiger partial charge in [0.15, 0.2) is 5.78 Å². The van der Waals surface area contributed by atoms with Gasteiger partial charge in [0.05, 0.1) is 0 Å². The SMILES string of the molecule is CCN(CC)CCNC(=O)CCC(=O)c1cc(C)sc1C. The number of hydrogen-bond donors (Lipinski definition) is 1. The van der Waals surface area contributed by atoms with Crippen LogP contribution in [0.4, 0.5) is 0 Å². The minimum atomic E-state index is -0.0416. The van der Waals surface area contributed by atoms with E-state index in [1.54, 1.807) is 11.3 Å². The highest BCUT2D eigenvalue weighted by Gasteiger charge is 2.13. The molecule has 1 rings (SSSR count). The van der Waals surface area contributed by atoms with Crippen LogP contribution in [0.25, 0.3) is 0 Å². The van der Waals surface area contributed by atoms with Crippen molar-refractivity contribution >= 4 is 23.0 Å². The number of amides is 1. The van der Waals surface area contributed by atoms with E-state index in [0.717, 1.165) is 35.0 Å². The molecule has 0 unspecified atom stereocenters. The van der Waals surface area contributed by atoms with Gasteiger partial charge in [0.2, 0.25) is 5.91 Å². The Morgan fingerprint density at radius 3 is 2.38 bits per heavy atom. The first-order valence-electron chi connectivity index (χ1n) is 7.57. The van der Waals surface area contributed by atoms with Crippen molar-refractivity contribution in [2.45, 2.75) is 40.5 Å². The molecule has 5 heteroatoms. The first kappa shape index (κ1) is 17.9. The van der Waals surface area contributed by atoms with Crippen LogP contribution in [0.15, 0.2) is 6.07 Å². The summed E-state index contributed by atoms with van der Waals surface area (Å²) in [6.07, 6.45) is 0.555. The van der Waals surface area contributed by atoms with Crippen LogP contribution >= 0.6 is 11.3 Å². The van der Waals surface area contributed by atoms with E-state index in [0.29, 0.717) is 6.54 Å². The molecule has 0 aromatic carbocycles. The third kappa shape index (κ3) is 5.98. The van der Waals surface area contributed by atoms with Crippen molar-refractivity contribution in [3.05, 3.63) is 21.4 Å². The molecule has 118 valence electrons. The van der Waals surface area contributed by atoms with Gasteiger partial charge in [0.1, 0.15) is 0 Å². The lowest BCUT2D eigenvalue weighted by Crippen LogP contribution is -2.34. The molecule has 0 aliphatic heterocycles. The summed E-state index contributed by atoms with van der Waals surface area (Å²) in [7, 11) is 0. The molecule has 0 spiro atoms. The summed E-state index contributed by atoms with van der Waals surface area (Å²) in [5.41, 5.74) is 0.772. The highest BCUT2D eigenvalue weighted by Crippen LogP contribution is 2.22. The van der Waals surface area contributed by atoms with Gasteiger partial charge in [-0.15, -0.1) is 11.3 Å². The fourth-order valence-electron chi connectivity index (χ4n) is 2.25. The topological polar surface area (TPSA) is 49.4 Å². The summed E-state index contributed by atoms with van der Waals surface area (Å²) in [6.45, 7) is 11.6. The molecule has 0 radical (unpaired) electrons. The van der Waals surface area contributed by atoms with E-state index in [1.165, 1.54) is 0 Å². The lowest BCUT2D eigenvalue weighted by Gasteiger charge is -2.17. The Hall–Kier alpha value is -1.20. The number of ketones is 1. The Balaban J connectivity index is 2.30. The highest BCUT2D eigenvalue weighted by molar-refractivity contribution is 7.12. The summed E-state index contributed by atoms with van der Waals surface area (Å²) in [6, 6.07) is 1.92. The van der Waals surface area contributed by atoms with Gasteiger partial charge >= 0.3 is 0 Å². The second-order valence-corrected chi connectivity index (χ2v) is 6.59. The van der Waals surface area contributed by atoms with Crippen LogP contribution in [-0.2, 0) is 4.79 Å². The number of Topliss-reactive ketones (excluding diaryl/α,β-unsaturated/α-hetero) is 1. The monoisotopic (exact) mass is 310 g/mol. The minimum Gasteiger partial charge on any atom is -0.355 e. The van der Waals surface area contributed by atoms with Gasteiger partial charge in [-0.3, -0.25) is 9.59 Å². The number of carbonyl (C=O) groups is 2. The van der Waals surface area contributed by atoms with Gasteiger partial charge in [-0.25, -0.2) is 0 Å². The molecule has 0 saturated heterocycles. The van der Waals surface area contributed by atoms with Crippen molar-refractivity contribution in [3.8, 4) is 0 Å². The zero-order valence-electron chi connectivity index (χ0n) is 13.5. The molecule has 1 heterocycles. The fourth-order valence-corrected chi connectivity index (χ4v) is 3.19. The van der Waals surface area contributed by atoms with E-state index in [-0.39, 0.29) is 24.5 Å². The molecular formula is C16H26N2O2S. The predicted octanol–water partition coefficient (Wildman–Crippen LogP) is 2.79. The zero-order chi connectivity index (χ0) is 15.8. The van der Waals surface area contributed by atoms with Crippen molar-refractivity contribution in [1.82, 2.24) is 10.2 Å². The molecule has 0 fully saturated rings. The molecule has 0 atom stereocenters. The van der Waals surface area contributed by atoms with Crippen LogP contribution in [0.5, 0.6) is 0 Å². The Labute approximate surface area is 131 Å². The van der Waals surface area contributed by atoms with Gasteiger partial charge in [0, 0.05) is 41.2 Å². The normalized spacial score (nSPS) is 10.9. The van der Waals surface area contributed by atoms with Crippen LogP contribution in [-0.4, -0.2) is 42.8 Å². The molecule has 0 saturated carbocycles. The number of thiophene rings is 1. The Morgan fingerprint density at radius 2 is 1.86 bits per heavy atom. The van der Waals surface area contributed by atoms with Crippen LogP contribution in [0, 0.1) is 13.8 Å². The van der Waals surface area contributed by atoms with Crippen molar-refractivity contribution < 1.29 is 9.59 Å². The summed E-state index contributed by atoms with van der Waals surface area (Å²) < 4.78 is 0. The maximum atomic E-state index is 12.1. The molecule has 0 aliphatic rings. The fraction of sp³-hybridized carbons (Fsp3) is 0.625. The number of likely N-dealkylation sites (N-methyl/N-ethyl adjacent to an activating group) is 1. The molecule has 0 bridgehead atoms. The van der Waals surface area contributed by atoms with Crippen LogP contribution in [0.1, 0.15) is 46.8 Å². The first-order valence-corrected chi connectivity index (χ1v) is 8.38. The van der Waals surface area contributed by atoms with Gasteiger partial charge in [0.25, 0.3) is 0 Å². The quantitative estimate of drug-likeness (QED) is 0.714. The van der Waals surface area contributed by atoms with E-state index in [9.17, 15) is 9.59 Å². The van der Waals surface area contributed by atoms with E-state index < -0.39 is 0 Å². The molecule has 1 aromatic heterocycles.